The predicted molar refractivity (Wildman–Crippen MR) is 90.6 cm³/mol. The van der Waals surface area contributed by atoms with Crippen molar-refractivity contribution >= 4 is 23.2 Å². The Morgan fingerprint density at radius 1 is 1.40 bits per heavy atom. The zero-order chi connectivity index (χ0) is 18.0. The summed E-state index contributed by atoms with van der Waals surface area (Å²) in [5.74, 6) is 0.319. The van der Waals surface area contributed by atoms with E-state index in [1.807, 2.05) is 0 Å². The molecule has 1 aromatic heterocycles. The van der Waals surface area contributed by atoms with Crippen LogP contribution in [0.2, 0.25) is 0 Å². The molecule has 6 nitrogen and oxygen atoms in total. The summed E-state index contributed by atoms with van der Waals surface area (Å²) in [6.07, 6.45) is 2.63. The van der Waals surface area contributed by atoms with E-state index in [0.717, 1.165) is 0 Å². The van der Waals surface area contributed by atoms with Crippen molar-refractivity contribution in [2.45, 2.75) is 38.2 Å². The van der Waals surface area contributed by atoms with E-state index in [2.05, 4.69) is 0 Å². The smallest absolute Gasteiger partial charge is 0.308 e. The normalized spacial score (nSPS) is 23.4. The van der Waals surface area contributed by atoms with Crippen molar-refractivity contribution in [2.24, 2.45) is 5.92 Å². The first kappa shape index (κ1) is 17.5. The number of furan rings is 1. The monoisotopic (exact) mass is 346 g/mol. The number of hydrogen-bond acceptors (Lipinski definition) is 6. The van der Waals surface area contributed by atoms with Gasteiger partial charge < -0.3 is 19.0 Å². The average molecular weight is 346 g/mol. The summed E-state index contributed by atoms with van der Waals surface area (Å²) < 4.78 is 15.9. The minimum absolute atomic E-state index is 0.177. The van der Waals surface area contributed by atoms with Crippen LogP contribution in [0.25, 0.3) is 11.0 Å². The second kappa shape index (κ2) is 6.88. The van der Waals surface area contributed by atoms with Crippen LogP contribution in [0.4, 0.5) is 0 Å². The predicted octanol–water partition coefficient (Wildman–Crippen LogP) is 3.19. The Morgan fingerprint density at radius 3 is 2.72 bits per heavy atom. The molecule has 1 saturated carbocycles. The van der Waals surface area contributed by atoms with E-state index in [0.29, 0.717) is 60.9 Å². The van der Waals surface area contributed by atoms with Crippen LogP contribution in [0.3, 0.4) is 0 Å². The van der Waals surface area contributed by atoms with Crippen LogP contribution in [0.15, 0.2) is 22.6 Å². The van der Waals surface area contributed by atoms with Gasteiger partial charge in [-0.15, -0.1) is 0 Å². The number of carbonyl (C=O) groups excluding carboxylic acids is 2. The van der Waals surface area contributed by atoms with Gasteiger partial charge in [-0.25, -0.2) is 0 Å². The van der Waals surface area contributed by atoms with Crippen molar-refractivity contribution in [2.75, 3.05) is 13.7 Å². The van der Waals surface area contributed by atoms with Crippen LogP contribution in [-0.2, 0) is 15.1 Å². The Bertz CT molecular complexity index is 783. The zero-order valence-electron chi connectivity index (χ0n) is 14.4. The number of aldehydes is 1. The summed E-state index contributed by atoms with van der Waals surface area (Å²) in [4.78, 5) is 23.0. The second-order valence-corrected chi connectivity index (χ2v) is 6.38. The summed E-state index contributed by atoms with van der Waals surface area (Å²) in [6, 6.07) is 5.15. The highest BCUT2D eigenvalue weighted by atomic mass is 16.5. The van der Waals surface area contributed by atoms with Gasteiger partial charge in [-0.2, -0.15) is 0 Å². The molecule has 0 radical (unpaired) electrons. The summed E-state index contributed by atoms with van der Waals surface area (Å²) in [6.45, 7) is 2.15. The zero-order valence-corrected chi connectivity index (χ0v) is 14.4. The molecule has 0 bridgehead atoms. The Morgan fingerprint density at radius 2 is 2.12 bits per heavy atom. The van der Waals surface area contributed by atoms with Crippen molar-refractivity contribution in [3.8, 4) is 5.75 Å². The molecule has 25 heavy (non-hydrogen) atoms. The molecule has 0 spiro atoms. The number of fused-ring (bicyclic) bond motifs is 1. The van der Waals surface area contributed by atoms with Crippen molar-refractivity contribution < 1.29 is 28.6 Å². The van der Waals surface area contributed by atoms with Crippen LogP contribution in [0.1, 0.15) is 48.7 Å². The lowest BCUT2D eigenvalue weighted by Gasteiger charge is -2.36. The third-order valence-electron chi connectivity index (χ3n) is 4.94. The highest BCUT2D eigenvalue weighted by Crippen LogP contribution is 2.44. The van der Waals surface area contributed by atoms with Gasteiger partial charge in [-0.05, 0) is 50.3 Å². The minimum Gasteiger partial charge on any atom is -0.493 e. The van der Waals surface area contributed by atoms with Gasteiger partial charge in [0, 0.05) is 5.39 Å². The molecule has 0 atom stereocenters. The van der Waals surface area contributed by atoms with Gasteiger partial charge >= 0.3 is 5.97 Å². The third kappa shape index (κ3) is 3.14. The van der Waals surface area contributed by atoms with E-state index in [4.69, 9.17) is 13.9 Å². The number of benzene rings is 1. The molecule has 0 unspecified atom stereocenters. The number of aliphatic hydroxyl groups is 1. The summed E-state index contributed by atoms with van der Waals surface area (Å²) in [7, 11) is 1.52. The number of carbonyl (C=O) groups is 2. The van der Waals surface area contributed by atoms with Crippen molar-refractivity contribution in [1.29, 1.82) is 0 Å². The van der Waals surface area contributed by atoms with Crippen molar-refractivity contribution in [3.63, 3.8) is 0 Å². The first-order valence-corrected chi connectivity index (χ1v) is 8.47. The lowest BCUT2D eigenvalue weighted by atomic mass is 9.74. The van der Waals surface area contributed by atoms with Crippen LogP contribution in [-0.4, -0.2) is 31.1 Å². The molecule has 0 amide bonds. The van der Waals surface area contributed by atoms with Gasteiger partial charge in [-0.1, -0.05) is 6.07 Å². The second-order valence-electron chi connectivity index (χ2n) is 6.38. The fraction of sp³-hybridized carbons (Fsp3) is 0.474. The molecule has 134 valence electrons. The van der Waals surface area contributed by atoms with Crippen LogP contribution in [0.5, 0.6) is 5.75 Å². The van der Waals surface area contributed by atoms with E-state index in [-0.39, 0.29) is 17.6 Å². The van der Waals surface area contributed by atoms with Gasteiger partial charge in [0.1, 0.15) is 0 Å². The van der Waals surface area contributed by atoms with Gasteiger partial charge in [0.15, 0.2) is 23.4 Å². The molecule has 1 heterocycles. The molecule has 3 rings (SSSR count). The van der Waals surface area contributed by atoms with Gasteiger partial charge in [0.25, 0.3) is 0 Å². The Kier molecular flexibility index (Phi) is 4.81. The van der Waals surface area contributed by atoms with E-state index >= 15 is 0 Å². The minimum atomic E-state index is -1.07. The molecule has 1 fully saturated rings. The molecule has 2 aromatic rings. The number of rotatable bonds is 5. The van der Waals surface area contributed by atoms with Gasteiger partial charge in [-0.3, -0.25) is 9.59 Å². The van der Waals surface area contributed by atoms with Gasteiger partial charge in [0.05, 0.1) is 25.2 Å². The van der Waals surface area contributed by atoms with Crippen molar-refractivity contribution in [3.05, 3.63) is 29.5 Å². The standard InChI is InChI=1S/C19H22O6/c1-3-24-18(21)12-6-8-19(22,9-7-12)15-4-5-16(23-2)17-14(15)10-13(11-20)25-17/h4-5,10-12,22H,3,6-9H2,1-2H3. The van der Waals surface area contributed by atoms with Gasteiger partial charge in [0.2, 0.25) is 0 Å². The lowest BCUT2D eigenvalue weighted by molar-refractivity contribution is -0.151. The molecule has 0 aliphatic heterocycles. The molecule has 0 saturated heterocycles. The Balaban J connectivity index is 1.93. The van der Waals surface area contributed by atoms with Crippen molar-refractivity contribution in [1.82, 2.24) is 0 Å². The number of hydrogen-bond donors (Lipinski definition) is 1. The Hall–Kier alpha value is -2.34. The first-order valence-electron chi connectivity index (χ1n) is 8.47. The highest BCUT2D eigenvalue weighted by molar-refractivity contribution is 5.91. The molecule has 1 N–H and O–H groups in total. The summed E-state index contributed by atoms with van der Waals surface area (Å²) in [5, 5.41) is 11.9. The fourth-order valence-corrected chi connectivity index (χ4v) is 3.60. The SMILES string of the molecule is CCOC(=O)C1CCC(O)(c2ccc(OC)c3oc(C=O)cc23)CC1. The van der Waals surface area contributed by atoms with Crippen LogP contribution in [0, 0.1) is 5.92 Å². The molecule has 1 aliphatic rings. The van der Waals surface area contributed by atoms with Crippen LogP contribution < -0.4 is 4.74 Å². The van der Waals surface area contributed by atoms with E-state index in [1.165, 1.54) is 7.11 Å². The third-order valence-corrected chi connectivity index (χ3v) is 4.94. The molecule has 1 aromatic carbocycles. The molecule has 1 aliphatic carbocycles. The Labute approximate surface area is 145 Å². The first-order chi connectivity index (χ1) is 12.0. The molecular formula is C19H22O6. The molecule has 6 heteroatoms. The van der Waals surface area contributed by atoms with Crippen LogP contribution >= 0.6 is 0 Å². The fourth-order valence-electron chi connectivity index (χ4n) is 3.60. The number of esters is 1. The number of methoxy groups -OCH3 is 1. The maximum Gasteiger partial charge on any atom is 0.308 e. The van der Waals surface area contributed by atoms with E-state index in [9.17, 15) is 14.7 Å². The summed E-state index contributed by atoms with van der Waals surface area (Å²) >= 11 is 0. The largest absolute Gasteiger partial charge is 0.493 e. The lowest BCUT2D eigenvalue weighted by Crippen LogP contribution is -2.34. The maximum absolute atomic E-state index is 11.9. The quantitative estimate of drug-likeness (QED) is 0.661. The topological polar surface area (TPSA) is 86.0 Å². The average Bonchev–Trinajstić information content (AvgIpc) is 3.05. The summed E-state index contributed by atoms with van der Waals surface area (Å²) in [5.41, 5.74) is 0.0721. The maximum atomic E-state index is 11.9. The number of ether oxygens (including phenoxy) is 2. The highest BCUT2D eigenvalue weighted by Gasteiger charge is 2.39. The van der Waals surface area contributed by atoms with E-state index < -0.39 is 5.60 Å². The van der Waals surface area contributed by atoms with E-state index in [1.54, 1.807) is 25.1 Å². The molecular weight excluding hydrogens is 324 g/mol.